The molecule has 0 fully saturated rings. The number of benzene rings is 1. The molecule has 0 saturated carbocycles. The van der Waals surface area contributed by atoms with Crippen LogP contribution in [0.1, 0.15) is 37.6 Å². The van der Waals surface area contributed by atoms with Crippen molar-refractivity contribution < 1.29 is 17.6 Å². The van der Waals surface area contributed by atoms with Crippen LogP contribution in [0.5, 0.6) is 0 Å². The Morgan fingerprint density at radius 2 is 2.00 bits per heavy atom. The monoisotopic (exact) mass is 321 g/mol. The van der Waals surface area contributed by atoms with Gasteiger partial charge in [0.1, 0.15) is 5.82 Å². The van der Waals surface area contributed by atoms with E-state index in [1.807, 2.05) is 13.8 Å². The zero-order valence-electron chi connectivity index (χ0n) is 11.5. The van der Waals surface area contributed by atoms with Crippen molar-refractivity contribution >= 4 is 25.6 Å². The molecule has 0 aliphatic rings. The third kappa shape index (κ3) is 4.18. The van der Waals surface area contributed by atoms with Gasteiger partial charge >= 0.3 is 0 Å². The fourth-order valence-corrected chi connectivity index (χ4v) is 2.72. The van der Waals surface area contributed by atoms with Crippen molar-refractivity contribution in [2.75, 3.05) is 0 Å². The summed E-state index contributed by atoms with van der Waals surface area (Å²) in [6.07, 6.45) is 0.852. The molecule has 0 bridgehead atoms. The summed E-state index contributed by atoms with van der Waals surface area (Å²) in [6, 6.07) is 2.64. The van der Waals surface area contributed by atoms with E-state index in [-0.39, 0.29) is 17.5 Å². The minimum atomic E-state index is -4.11. The Morgan fingerprint density at radius 3 is 2.50 bits per heavy atom. The van der Waals surface area contributed by atoms with Crippen LogP contribution in [-0.2, 0) is 9.05 Å². The standard InChI is InChI=1S/C13H17ClFNO3S/c1-4-8(2)9(3)16-13(17)11-7-10(15)5-6-12(11)20(14,18)19/h5-9H,4H2,1-3H3,(H,16,17). The molecule has 1 aromatic rings. The number of carbonyl (C=O) groups excluding carboxylic acids is 1. The van der Waals surface area contributed by atoms with Gasteiger partial charge in [0.25, 0.3) is 15.0 Å². The highest BCUT2D eigenvalue weighted by atomic mass is 35.7. The molecule has 0 aromatic heterocycles. The smallest absolute Gasteiger partial charge is 0.262 e. The average Bonchev–Trinajstić information content (AvgIpc) is 2.35. The van der Waals surface area contributed by atoms with Crippen molar-refractivity contribution in [2.45, 2.75) is 38.1 Å². The van der Waals surface area contributed by atoms with Gasteiger partial charge in [-0.2, -0.15) is 0 Å². The highest BCUT2D eigenvalue weighted by Crippen LogP contribution is 2.21. The summed E-state index contributed by atoms with van der Waals surface area (Å²) in [7, 11) is 1.14. The predicted octanol–water partition coefficient (Wildman–Crippen LogP) is 2.92. The molecule has 0 spiro atoms. The second-order valence-corrected chi connectivity index (χ2v) is 7.26. The molecule has 0 aliphatic carbocycles. The van der Waals surface area contributed by atoms with Crippen LogP contribution in [0.4, 0.5) is 4.39 Å². The summed E-state index contributed by atoms with van der Waals surface area (Å²) in [5.74, 6) is -1.14. The van der Waals surface area contributed by atoms with Crippen LogP contribution in [0.15, 0.2) is 23.1 Å². The summed E-state index contributed by atoms with van der Waals surface area (Å²) < 4.78 is 36.1. The Kier molecular flexibility index (Phi) is 5.53. The molecule has 1 aromatic carbocycles. The van der Waals surface area contributed by atoms with Crippen LogP contribution >= 0.6 is 10.7 Å². The lowest BCUT2D eigenvalue weighted by Crippen LogP contribution is -2.37. The van der Waals surface area contributed by atoms with Gasteiger partial charge < -0.3 is 5.32 Å². The minimum Gasteiger partial charge on any atom is -0.349 e. The Balaban J connectivity index is 3.13. The molecule has 2 unspecified atom stereocenters. The van der Waals surface area contributed by atoms with Gasteiger partial charge in [-0.25, -0.2) is 12.8 Å². The maximum Gasteiger partial charge on any atom is 0.262 e. The van der Waals surface area contributed by atoms with Gasteiger partial charge in [-0.15, -0.1) is 0 Å². The van der Waals surface area contributed by atoms with Crippen LogP contribution in [0.2, 0.25) is 0 Å². The van der Waals surface area contributed by atoms with Gasteiger partial charge in [0.05, 0.1) is 10.5 Å². The summed E-state index contributed by atoms with van der Waals surface area (Å²) >= 11 is 0. The quantitative estimate of drug-likeness (QED) is 0.848. The van der Waals surface area contributed by atoms with Gasteiger partial charge in [0.15, 0.2) is 0 Å². The van der Waals surface area contributed by atoms with E-state index in [2.05, 4.69) is 5.32 Å². The Bertz CT molecular complexity index is 604. The highest BCUT2D eigenvalue weighted by Gasteiger charge is 2.23. The molecule has 1 N–H and O–H groups in total. The van der Waals surface area contributed by atoms with Crippen molar-refractivity contribution in [1.82, 2.24) is 5.32 Å². The molecule has 4 nitrogen and oxygen atoms in total. The zero-order valence-corrected chi connectivity index (χ0v) is 13.1. The minimum absolute atomic E-state index is 0.165. The van der Waals surface area contributed by atoms with Crippen molar-refractivity contribution in [3.8, 4) is 0 Å². The topological polar surface area (TPSA) is 63.2 Å². The van der Waals surface area contributed by atoms with Crippen molar-refractivity contribution in [3.63, 3.8) is 0 Å². The average molecular weight is 322 g/mol. The first kappa shape index (κ1) is 16.9. The van der Waals surface area contributed by atoms with Crippen LogP contribution in [-0.4, -0.2) is 20.4 Å². The van der Waals surface area contributed by atoms with Crippen molar-refractivity contribution in [1.29, 1.82) is 0 Å². The second-order valence-electron chi connectivity index (χ2n) is 4.73. The largest absolute Gasteiger partial charge is 0.349 e. The molecule has 1 amide bonds. The molecule has 7 heteroatoms. The Morgan fingerprint density at radius 1 is 1.40 bits per heavy atom. The van der Waals surface area contributed by atoms with Crippen LogP contribution in [0.25, 0.3) is 0 Å². The van der Waals surface area contributed by atoms with Gasteiger partial charge in [0, 0.05) is 16.7 Å². The molecule has 112 valence electrons. The summed E-state index contributed by atoms with van der Waals surface area (Å²) in [5.41, 5.74) is -0.282. The summed E-state index contributed by atoms with van der Waals surface area (Å²) in [4.78, 5) is 11.7. The molecule has 1 rings (SSSR count). The van der Waals surface area contributed by atoms with E-state index in [4.69, 9.17) is 10.7 Å². The molecular weight excluding hydrogens is 305 g/mol. The first-order valence-electron chi connectivity index (χ1n) is 6.21. The fraction of sp³-hybridized carbons (Fsp3) is 0.462. The van der Waals surface area contributed by atoms with Gasteiger partial charge in [-0.1, -0.05) is 20.3 Å². The summed E-state index contributed by atoms with van der Waals surface area (Å²) in [5, 5.41) is 2.66. The number of hydrogen-bond acceptors (Lipinski definition) is 3. The maximum absolute atomic E-state index is 13.2. The number of halogens is 2. The highest BCUT2D eigenvalue weighted by molar-refractivity contribution is 8.13. The maximum atomic E-state index is 13.2. The number of carbonyl (C=O) groups is 1. The van der Waals surface area contributed by atoms with Crippen LogP contribution < -0.4 is 5.32 Å². The van der Waals surface area contributed by atoms with E-state index < -0.39 is 25.7 Å². The Hall–Kier alpha value is -1.14. The van der Waals surface area contributed by atoms with E-state index in [9.17, 15) is 17.6 Å². The Labute approximate surface area is 122 Å². The first-order chi connectivity index (χ1) is 9.16. The number of rotatable bonds is 5. The SMILES string of the molecule is CCC(C)C(C)NC(=O)c1cc(F)ccc1S(=O)(=O)Cl. The molecular formula is C13H17ClFNO3S. The number of nitrogens with one attached hydrogen (secondary N) is 1. The molecule has 0 saturated heterocycles. The van der Waals surface area contributed by atoms with E-state index in [0.717, 1.165) is 24.6 Å². The van der Waals surface area contributed by atoms with Crippen molar-refractivity contribution in [2.24, 2.45) is 5.92 Å². The first-order valence-corrected chi connectivity index (χ1v) is 8.52. The lowest BCUT2D eigenvalue weighted by atomic mass is 10.0. The molecule has 20 heavy (non-hydrogen) atoms. The lowest BCUT2D eigenvalue weighted by molar-refractivity contribution is 0.0924. The number of hydrogen-bond donors (Lipinski definition) is 1. The molecule has 0 heterocycles. The van der Waals surface area contributed by atoms with Gasteiger partial charge in [-0.05, 0) is 31.0 Å². The van der Waals surface area contributed by atoms with Crippen molar-refractivity contribution in [3.05, 3.63) is 29.6 Å². The van der Waals surface area contributed by atoms with Crippen LogP contribution in [0, 0.1) is 11.7 Å². The van der Waals surface area contributed by atoms with E-state index in [0.29, 0.717) is 0 Å². The normalized spacial score (nSPS) is 14.7. The molecule has 0 radical (unpaired) electrons. The second kappa shape index (κ2) is 6.54. The third-order valence-electron chi connectivity index (χ3n) is 3.31. The van der Waals surface area contributed by atoms with Gasteiger partial charge in [0.2, 0.25) is 0 Å². The molecule has 2 atom stereocenters. The lowest BCUT2D eigenvalue weighted by Gasteiger charge is -2.20. The third-order valence-corrected chi connectivity index (χ3v) is 4.69. The van der Waals surface area contributed by atoms with E-state index in [1.54, 1.807) is 6.92 Å². The fourth-order valence-electron chi connectivity index (χ4n) is 1.67. The summed E-state index contributed by atoms with van der Waals surface area (Å²) in [6.45, 7) is 5.74. The van der Waals surface area contributed by atoms with Gasteiger partial charge in [-0.3, -0.25) is 4.79 Å². The van der Waals surface area contributed by atoms with E-state index >= 15 is 0 Å². The zero-order chi connectivity index (χ0) is 15.5. The van der Waals surface area contributed by atoms with E-state index in [1.165, 1.54) is 0 Å². The molecule has 0 aliphatic heterocycles. The number of amides is 1. The van der Waals surface area contributed by atoms with Crippen LogP contribution in [0.3, 0.4) is 0 Å². The predicted molar refractivity (Wildman–Crippen MR) is 75.8 cm³/mol.